The predicted molar refractivity (Wildman–Crippen MR) is 466 cm³/mol. The highest BCUT2D eigenvalue weighted by Gasteiger charge is 2.27. The molecule has 0 saturated heterocycles. The third-order valence-corrected chi connectivity index (χ3v) is 26.2. The Morgan fingerprint density at radius 3 is 1.17 bits per heavy atom. The first-order valence-corrected chi connectivity index (χ1v) is 40.0. The monoisotopic (exact) mass is 1480 g/mol. The number of hydrogen-bond acceptors (Lipinski definition) is 7. The maximum atomic E-state index is 7.69. The molecule has 11 heterocycles. The molecule has 0 amide bonds. The van der Waals surface area contributed by atoms with Gasteiger partial charge in [0, 0.05) is 125 Å². The van der Waals surface area contributed by atoms with Crippen LogP contribution < -0.4 is 18.3 Å². The van der Waals surface area contributed by atoms with Gasteiger partial charge in [0.1, 0.15) is 47.0 Å². The topological polar surface area (TPSA) is 54.2 Å². The summed E-state index contributed by atoms with van der Waals surface area (Å²) in [5.41, 5.74) is 23.5. The Morgan fingerprint density at radius 2 is 0.679 bits per heavy atom. The number of benzene rings is 10. The van der Waals surface area contributed by atoms with E-state index in [9.17, 15) is 0 Å². The van der Waals surface area contributed by atoms with Gasteiger partial charge in [-0.3, -0.25) is 15.0 Å². The first-order valence-electron chi connectivity index (χ1n) is 38.2. The standard InChI is InChI=1S/C31H26NS.C23H19N2S.2C22H17N2S/c1-19-5-8-22(9-6-19)23-10-13-26-24(18-23)11-14-28-29(26)27-15-16-32(4)30(31(27)33-28)25-12-7-20(2)17-21(25)3;1-14-6-8-17(15(2)13-14)22-23-18(10-12-25(22)3)20-19(26-23)9-7-16-5-4-11-24-21(16)20;1-14-6-3-4-8-16(14)21-22-17(11-13-24(21)2)19-18(25-22)10-9-15-7-5-12-23-20(15)19;1-14-6-3-4-7-15(14)21-22-17(11-13-24(21)2)20-16-8-5-12-23-18(16)9-10-19(20)25-22/h5-18H,1-4H3;4-13H,1-3H3;2*3-13H,1-2H3/q4*+1/i;1D3;;. The van der Waals surface area contributed by atoms with E-state index in [1.54, 1.807) is 23.5 Å². The second-order valence-electron chi connectivity index (χ2n) is 28.7. The van der Waals surface area contributed by atoms with Crippen LogP contribution >= 0.6 is 45.3 Å². The number of nitrogens with zero attached hydrogens (tertiary/aromatic N) is 7. The van der Waals surface area contributed by atoms with Crippen molar-refractivity contribution in [2.45, 2.75) is 48.4 Å². The van der Waals surface area contributed by atoms with Crippen molar-refractivity contribution >= 4 is 170 Å². The third-order valence-electron chi connectivity index (χ3n) is 21.5. The van der Waals surface area contributed by atoms with Crippen LogP contribution in [0.3, 0.4) is 0 Å². The molecule has 0 radical (unpaired) electrons. The lowest BCUT2D eigenvalue weighted by Gasteiger charge is -2.07. The minimum atomic E-state index is -2.10. The van der Waals surface area contributed by atoms with E-state index in [4.69, 9.17) is 4.11 Å². The Morgan fingerprint density at radius 1 is 0.284 bits per heavy atom. The molecule has 21 aromatic rings. The summed E-state index contributed by atoms with van der Waals surface area (Å²) in [6.45, 7) is 10.8. The van der Waals surface area contributed by atoms with Crippen molar-refractivity contribution in [3.8, 4) is 56.2 Å². The molecule has 0 N–H and O–H groups in total. The molecule has 0 aliphatic heterocycles. The molecule has 11 heteroatoms. The molecule has 11 aromatic heterocycles. The maximum Gasteiger partial charge on any atom is 0.230 e. The van der Waals surface area contributed by atoms with Gasteiger partial charge in [0.25, 0.3) is 0 Å². The summed E-state index contributed by atoms with van der Waals surface area (Å²) in [7, 11) is 8.45. The fourth-order valence-electron chi connectivity index (χ4n) is 16.1. The van der Waals surface area contributed by atoms with E-state index < -0.39 is 6.85 Å². The van der Waals surface area contributed by atoms with Gasteiger partial charge in [-0.1, -0.05) is 150 Å². The minimum Gasteiger partial charge on any atom is -0.256 e. The van der Waals surface area contributed by atoms with Crippen LogP contribution in [0, 0.1) is 48.4 Å². The Balaban J connectivity index is 0.000000105. The van der Waals surface area contributed by atoms with Gasteiger partial charge in [-0.2, -0.15) is 18.3 Å². The zero-order valence-electron chi connectivity index (χ0n) is 65.3. The lowest BCUT2D eigenvalue weighted by Crippen LogP contribution is -2.30. The minimum absolute atomic E-state index is 0.375. The Hall–Kier alpha value is -11.8. The molecular weight excluding hydrogens is 1400 g/mol. The number of rotatable bonds is 5. The summed E-state index contributed by atoms with van der Waals surface area (Å²) >= 11 is 7.40. The zero-order chi connectivity index (χ0) is 77.0. The highest BCUT2D eigenvalue weighted by molar-refractivity contribution is 7.27. The SMILES string of the molecule is Cc1ccc(-c2ccc3c(ccc4sc5c(-c6ccc(C)cc6C)[n+](C)ccc5c43)c2)cc1.Cc1ccccc1-c1c2sc3ccc4cccnc4c3c2cc[n+]1C.Cc1ccccc1-c1c2sc3ccc4ncccc4c3c2cc[n+]1C.[2H]C([2H])([2H])c1ccc(-c2c3sc4ccc5cccnc5c4c3cc[n+]2C)c(C)c1. The van der Waals surface area contributed by atoms with Crippen molar-refractivity contribution in [2.24, 2.45) is 28.2 Å². The van der Waals surface area contributed by atoms with Gasteiger partial charge >= 0.3 is 0 Å². The van der Waals surface area contributed by atoms with Gasteiger partial charge in [-0.25, -0.2) is 0 Å². The van der Waals surface area contributed by atoms with Crippen LogP contribution in [-0.4, -0.2) is 15.0 Å². The van der Waals surface area contributed by atoms with Gasteiger partial charge in [-0.05, 0) is 171 Å². The molecule has 10 aromatic carbocycles. The fourth-order valence-corrected chi connectivity index (χ4v) is 21.3. The van der Waals surface area contributed by atoms with E-state index in [2.05, 4.69) is 314 Å². The number of aromatic nitrogens is 7. The molecule has 0 fully saturated rings. The summed E-state index contributed by atoms with van der Waals surface area (Å²) in [5.74, 6) is 0. The molecule has 0 atom stereocenters. The Kier molecular flexibility index (Phi) is 16.9. The molecule has 7 nitrogen and oxygen atoms in total. The van der Waals surface area contributed by atoms with E-state index >= 15 is 0 Å². The van der Waals surface area contributed by atoms with Gasteiger partial charge in [0.2, 0.25) is 22.8 Å². The average molecular weight is 1490 g/mol. The smallest absolute Gasteiger partial charge is 0.230 e. The van der Waals surface area contributed by atoms with Crippen LogP contribution in [0.25, 0.3) is 180 Å². The van der Waals surface area contributed by atoms with E-state index in [-0.39, 0.29) is 0 Å². The van der Waals surface area contributed by atoms with E-state index in [0.29, 0.717) is 5.56 Å². The number of thiophene rings is 4. The molecule has 0 aliphatic carbocycles. The molecule has 0 unspecified atom stereocenters. The van der Waals surface area contributed by atoms with Crippen LogP contribution in [0.1, 0.15) is 43.1 Å². The number of aryl methyl sites for hydroxylation is 11. The van der Waals surface area contributed by atoms with Crippen molar-refractivity contribution in [3.05, 3.63) is 319 Å². The highest BCUT2D eigenvalue weighted by Crippen LogP contribution is 2.47. The van der Waals surface area contributed by atoms with Crippen LogP contribution in [0.2, 0.25) is 0 Å². The molecule has 0 aliphatic rings. The van der Waals surface area contributed by atoms with Crippen molar-refractivity contribution < 1.29 is 22.4 Å². The van der Waals surface area contributed by atoms with Crippen molar-refractivity contribution in [1.82, 2.24) is 15.0 Å². The lowest BCUT2D eigenvalue weighted by molar-refractivity contribution is -0.659. The highest BCUT2D eigenvalue weighted by atomic mass is 32.1. The Bertz CT molecular complexity index is 7190. The number of hydrogen-bond donors (Lipinski definition) is 0. The fraction of sp³-hybridized carbons (Fsp3) is 0.112. The zero-order valence-corrected chi connectivity index (χ0v) is 65.6. The molecule has 109 heavy (non-hydrogen) atoms. The normalized spacial score (nSPS) is 12.1. The van der Waals surface area contributed by atoms with Crippen molar-refractivity contribution in [3.63, 3.8) is 0 Å². The Labute approximate surface area is 653 Å². The summed E-state index contributed by atoms with van der Waals surface area (Å²) in [6.07, 6.45) is 14.2. The van der Waals surface area contributed by atoms with E-state index in [0.717, 1.165) is 38.8 Å². The first kappa shape index (κ1) is 65.5. The van der Waals surface area contributed by atoms with E-state index in [1.165, 1.54) is 175 Å². The maximum absolute atomic E-state index is 7.69. The summed E-state index contributed by atoms with van der Waals surface area (Å²) in [5, 5.41) is 16.5. The quantitative estimate of drug-likeness (QED) is 0.161. The summed E-state index contributed by atoms with van der Waals surface area (Å²) < 4.78 is 42.3. The van der Waals surface area contributed by atoms with Crippen LogP contribution in [0.5, 0.6) is 0 Å². The predicted octanol–water partition coefficient (Wildman–Crippen LogP) is 24.8. The molecule has 526 valence electrons. The summed E-state index contributed by atoms with van der Waals surface area (Å²) in [6, 6.07) is 84.0. The largest absolute Gasteiger partial charge is 0.256 e. The molecule has 0 saturated carbocycles. The van der Waals surface area contributed by atoms with Crippen molar-refractivity contribution in [1.29, 1.82) is 0 Å². The van der Waals surface area contributed by atoms with Crippen LogP contribution in [0.15, 0.2) is 280 Å². The van der Waals surface area contributed by atoms with Gasteiger partial charge < -0.3 is 0 Å². The molecule has 0 bridgehead atoms. The van der Waals surface area contributed by atoms with Crippen molar-refractivity contribution in [2.75, 3.05) is 0 Å². The average Bonchev–Trinajstić information content (AvgIpc) is 1.57. The lowest BCUT2D eigenvalue weighted by atomic mass is 9.97. The third kappa shape index (κ3) is 12.2. The second kappa shape index (κ2) is 28.1. The molecule has 0 spiro atoms. The van der Waals surface area contributed by atoms with Crippen LogP contribution in [-0.2, 0) is 28.2 Å². The number of pyridine rings is 7. The van der Waals surface area contributed by atoms with Gasteiger partial charge in [-0.15, -0.1) is 45.3 Å². The van der Waals surface area contributed by atoms with E-state index in [1.807, 2.05) is 90.8 Å². The van der Waals surface area contributed by atoms with Gasteiger partial charge in [0.05, 0.1) is 38.8 Å². The summed E-state index contributed by atoms with van der Waals surface area (Å²) in [4.78, 5) is 13.9. The molecule has 21 rings (SSSR count). The van der Waals surface area contributed by atoms with Crippen LogP contribution in [0.4, 0.5) is 0 Å². The second-order valence-corrected chi connectivity index (χ2v) is 32.9. The molecular formula is C98H79N7S4+4. The first-order chi connectivity index (χ1) is 54.3. The van der Waals surface area contributed by atoms with Gasteiger partial charge in [0.15, 0.2) is 24.8 Å². The number of fused-ring (bicyclic) bond motifs is 20.